The smallest absolute Gasteiger partial charge is 0.410 e. The molecular formula is C32H35FN6O7S. The van der Waals surface area contributed by atoms with Crippen molar-refractivity contribution in [2.75, 3.05) is 38.7 Å². The van der Waals surface area contributed by atoms with E-state index in [9.17, 15) is 14.4 Å². The summed E-state index contributed by atoms with van der Waals surface area (Å²) in [5, 5.41) is 14.1. The molecular weight excluding hydrogens is 631 g/mol. The predicted octanol–water partition coefficient (Wildman–Crippen LogP) is 6.16. The van der Waals surface area contributed by atoms with Crippen molar-refractivity contribution in [2.45, 2.75) is 39.0 Å². The van der Waals surface area contributed by atoms with Crippen LogP contribution in [0.15, 0.2) is 54.9 Å². The van der Waals surface area contributed by atoms with E-state index in [0.717, 1.165) is 16.5 Å². The molecule has 3 N–H and O–H groups in total. The van der Waals surface area contributed by atoms with Crippen LogP contribution in [-0.2, 0) is 16.0 Å². The standard InChI is InChI=1S/C32H35FN6O7S/c1-32(2,3)46-31(43)38(11-12-44-4)16-19-5-7-23(35-15-19)27-14-24-28(47-27)26(9-10-34-24)45-25-8-6-20(13-22(25)33)36-29(40)37-21-17-39(18-21)30(41)42/h5-10,13-15,21H,11-12,16-18H2,1-4H3,(H,41,42)(H2,36,37,40). The first kappa shape index (κ1) is 33.3. The third-order valence-electron chi connectivity index (χ3n) is 6.94. The number of carbonyl (C=O) groups excluding carboxylic acids is 2. The maximum Gasteiger partial charge on any atom is 0.410 e. The Hall–Kier alpha value is -5.02. The van der Waals surface area contributed by atoms with Crippen molar-refractivity contribution in [2.24, 2.45) is 0 Å². The fourth-order valence-corrected chi connectivity index (χ4v) is 5.67. The minimum atomic E-state index is -1.05. The Kier molecular flexibility index (Phi) is 10.1. The van der Waals surface area contributed by atoms with Gasteiger partial charge in [0.15, 0.2) is 11.6 Å². The Morgan fingerprint density at radius 2 is 1.89 bits per heavy atom. The lowest BCUT2D eigenvalue weighted by Gasteiger charge is -2.37. The summed E-state index contributed by atoms with van der Waals surface area (Å²) < 4.78 is 32.4. The molecule has 47 heavy (non-hydrogen) atoms. The minimum absolute atomic E-state index is 0.0417. The van der Waals surface area contributed by atoms with Crippen molar-refractivity contribution in [3.05, 3.63) is 66.2 Å². The summed E-state index contributed by atoms with van der Waals surface area (Å²) in [4.78, 5) is 48.5. The highest BCUT2D eigenvalue weighted by Gasteiger charge is 2.31. The van der Waals surface area contributed by atoms with Crippen molar-refractivity contribution < 1.29 is 38.1 Å². The third kappa shape index (κ3) is 8.62. The second kappa shape index (κ2) is 14.2. The molecule has 1 fully saturated rings. The molecule has 4 aromatic rings. The summed E-state index contributed by atoms with van der Waals surface area (Å²) in [6.45, 7) is 6.86. The Balaban J connectivity index is 1.24. The van der Waals surface area contributed by atoms with Gasteiger partial charge in [0.05, 0.1) is 40.0 Å². The van der Waals surface area contributed by atoms with E-state index in [-0.39, 0.29) is 30.6 Å². The lowest BCUT2D eigenvalue weighted by molar-refractivity contribution is 0.0183. The van der Waals surface area contributed by atoms with Crippen LogP contribution in [-0.4, -0.2) is 88.1 Å². The molecule has 3 aromatic heterocycles. The van der Waals surface area contributed by atoms with Crippen molar-refractivity contribution in [3.8, 4) is 22.1 Å². The molecule has 15 heteroatoms. The Labute approximate surface area is 274 Å². The third-order valence-corrected chi connectivity index (χ3v) is 8.10. The predicted molar refractivity (Wildman–Crippen MR) is 173 cm³/mol. The molecule has 13 nitrogen and oxygen atoms in total. The molecule has 1 aliphatic heterocycles. The van der Waals surface area contributed by atoms with Crippen molar-refractivity contribution in [1.82, 2.24) is 25.1 Å². The van der Waals surface area contributed by atoms with Gasteiger partial charge in [0, 0.05) is 57.0 Å². The number of carboxylic acid groups (broad SMARTS) is 1. The van der Waals surface area contributed by atoms with E-state index in [0.29, 0.717) is 41.4 Å². The number of anilines is 1. The van der Waals surface area contributed by atoms with Crippen LogP contribution in [0, 0.1) is 5.82 Å². The summed E-state index contributed by atoms with van der Waals surface area (Å²) in [5.41, 5.74) is 1.75. The normalized spacial score (nSPS) is 13.2. The molecule has 0 radical (unpaired) electrons. The van der Waals surface area contributed by atoms with Gasteiger partial charge < -0.3 is 39.8 Å². The summed E-state index contributed by atoms with van der Waals surface area (Å²) in [7, 11) is 1.57. The molecule has 0 atom stereocenters. The first-order chi connectivity index (χ1) is 22.4. The molecule has 248 valence electrons. The van der Waals surface area contributed by atoms with Crippen LogP contribution < -0.4 is 15.4 Å². The summed E-state index contributed by atoms with van der Waals surface area (Å²) in [6.07, 6.45) is 1.79. The van der Waals surface area contributed by atoms with Gasteiger partial charge in [0.25, 0.3) is 0 Å². The van der Waals surface area contributed by atoms with Gasteiger partial charge in [-0.05, 0) is 50.6 Å². The number of benzene rings is 1. The number of methoxy groups -OCH3 is 1. The van der Waals surface area contributed by atoms with Crippen LogP contribution in [0.4, 0.5) is 24.5 Å². The number of urea groups is 1. The average molecular weight is 667 g/mol. The topological polar surface area (TPSA) is 155 Å². The lowest BCUT2D eigenvalue weighted by atomic mass is 10.1. The van der Waals surface area contributed by atoms with E-state index in [1.165, 1.54) is 28.4 Å². The summed E-state index contributed by atoms with van der Waals surface area (Å²) in [5.74, 6) is -0.326. The number of carbonyl (C=O) groups is 3. The highest BCUT2D eigenvalue weighted by Crippen LogP contribution is 2.39. The van der Waals surface area contributed by atoms with E-state index in [1.807, 2.05) is 39.0 Å². The molecule has 1 saturated heterocycles. The number of hydrogen-bond acceptors (Lipinski definition) is 9. The number of aromatic nitrogens is 2. The van der Waals surface area contributed by atoms with Crippen molar-refractivity contribution in [3.63, 3.8) is 0 Å². The zero-order chi connectivity index (χ0) is 33.7. The van der Waals surface area contributed by atoms with E-state index in [1.54, 1.807) is 30.5 Å². The van der Waals surface area contributed by atoms with E-state index in [2.05, 4.69) is 20.6 Å². The van der Waals surface area contributed by atoms with E-state index >= 15 is 4.39 Å². The van der Waals surface area contributed by atoms with Crippen LogP contribution >= 0.6 is 11.3 Å². The number of nitrogens with one attached hydrogen (secondary N) is 2. The second-order valence-electron chi connectivity index (χ2n) is 11.8. The molecule has 5 rings (SSSR count). The van der Waals surface area contributed by atoms with Crippen LogP contribution in [0.3, 0.4) is 0 Å². The summed E-state index contributed by atoms with van der Waals surface area (Å²) >= 11 is 1.39. The van der Waals surface area contributed by atoms with Crippen LogP contribution in [0.5, 0.6) is 11.5 Å². The van der Waals surface area contributed by atoms with Gasteiger partial charge in [-0.2, -0.15) is 0 Å². The fraction of sp³-hybridized carbons (Fsp3) is 0.344. The lowest BCUT2D eigenvalue weighted by Crippen LogP contribution is -2.61. The molecule has 1 aromatic carbocycles. The maximum atomic E-state index is 15.0. The fourth-order valence-electron chi connectivity index (χ4n) is 4.63. The highest BCUT2D eigenvalue weighted by molar-refractivity contribution is 7.22. The largest absolute Gasteiger partial charge is 0.465 e. The minimum Gasteiger partial charge on any atom is -0.465 e. The van der Waals surface area contributed by atoms with Gasteiger partial charge in [-0.3, -0.25) is 9.97 Å². The second-order valence-corrected chi connectivity index (χ2v) is 12.9. The highest BCUT2D eigenvalue weighted by atomic mass is 32.1. The first-order valence-electron chi connectivity index (χ1n) is 14.7. The number of rotatable bonds is 10. The number of halogens is 1. The Bertz CT molecular complexity index is 1760. The van der Waals surface area contributed by atoms with Crippen LogP contribution in [0.25, 0.3) is 20.8 Å². The summed E-state index contributed by atoms with van der Waals surface area (Å²) in [6, 6.07) is 10.5. The molecule has 0 aliphatic carbocycles. The molecule has 4 heterocycles. The van der Waals surface area contributed by atoms with Gasteiger partial charge in [-0.25, -0.2) is 18.8 Å². The van der Waals surface area contributed by atoms with Gasteiger partial charge in [-0.1, -0.05) is 6.07 Å². The molecule has 0 bridgehead atoms. The molecule has 4 amide bonds. The molecule has 0 saturated carbocycles. The van der Waals surface area contributed by atoms with E-state index < -0.39 is 29.6 Å². The van der Waals surface area contributed by atoms with E-state index in [4.69, 9.17) is 19.3 Å². The molecule has 0 spiro atoms. The van der Waals surface area contributed by atoms with Crippen LogP contribution in [0.2, 0.25) is 0 Å². The van der Waals surface area contributed by atoms with Gasteiger partial charge in [-0.15, -0.1) is 11.3 Å². The Morgan fingerprint density at radius 3 is 2.55 bits per heavy atom. The first-order valence-corrected chi connectivity index (χ1v) is 15.5. The van der Waals surface area contributed by atoms with Gasteiger partial charge in [0.1, 0.15) is 11.4 Å². The molecule has 0 unspecified atom stereocenters. The SMILES string of the molecule is COCCN(Cc1ccc(-c2cc3nccc(Oc4ccc(NC(=O)NC5CN(C(=O)O)C5)cc4F)c3s2)nc1)C(=O)OC(C)(C)C. The van der Waals surface area contributed by atoms with Gasteiger partial charge in [0.2, 0.25) is 0 Å². The number of pyridine rings is 2. The number of ether oxygens (including phenoxy) is 3. The van der Waals surface area contributed by atoms with Crippen molar-refractivity contribution in [1.29, 1.82) is 0 Å². The quantitative estimate of drug-likeness (QED) is 0.181. The van der Waals surface area contributed by atoms with Crippen LogP contribution in [0.1, 0.15) is 26.3 Å². The van der Waals surface area contributed by atoms with Gasteiger partial charge >= 0.3 is 18.2 Å². The number of likely N-dealkylation sites (tertiary alicyclic amines) is 1. The number of hydrogen-bond donors (Lipinski definition) is 3. The Morgan fingerprint density at radius 1 is 1.11 bits per heavy atom. The zero-order valence-corrected chi connectivity index (χ0v) is 27.1. The maximum absolute atomic E-state index is 15.0. The molecule has 1 aliphatic rings. The number of nitrogens with zero attached hydrogens (tertiary/aromatic N) is 4. The number of amides is 4. The average Bonchev–Trinajstić information content (AvgIpc) is 3.43. The zero-order valence-electron chi connectivity index (χ0n) is 26.3. The number of thiophene rings is 1. The number of fused-ring (bicyclic) bond motifs is 1. The monoisotopic (exact) mass is 666 g/mol. The van der Waals surface area contributed by atoms with Crippen molar-refractivity contribution >= 4 is 45.5 Å².